The van der Waals surface area contributed by atoms with Gasteiger partial charge >= 0.3 is 0 Å². The molecule has 1 heterocycles. The van der Waals surface area contributed by atoms with E-state index >= 15 is 0 Å². The minimum Gasteiger partial charge on any atom is -0.325 e. The van der Waals surface area contributed by atoms with Crippen molar-refractivity contribution >= 4 is 34.3 Å². The molecular weight excluding hydrogens is 394 g/mol. The molecule has 1 aliphatic carbocycles. The van der Waals surface area contributed by atoms with Crippen molar-refractivity contribution in [3.63, 3.8) is 0 Å². The van der Waals surface area contributed by atoms with Crippen molar-refractivity contribution in [1.29, 1.82) is 0 Å². The minimum atomic E-state index is -0.384. The van der Waals surface area contributed by atoms with Crippen LogP contribution < -0.4 is 10.9 Å². The van der Waals surface area contributed by atoms with E-state index in [0.717, 1.165) is 42.5 Å². The largest absolute Gasteiger partial charge is 0.325 e. The second-order valence-electron chi connectivity index (χ2n) is 8.09. The molecule has 1 fully saturated rings. The van der Waals surface area contributed by atoms with Crippen LogP contribution in [0.1, 0.15) is 49.8 Å². The Balaban J connectivity index is 1.65. The molecule has 6 heteroatoms. The molecule has 1 unspecified atom stereocenters. The van der Waals surface area contributed by atoms with Gasteiger partial charge in [-0.1, -0.05) is 48.9 Å². The van der Waals surface area contributed by atoms with Gasteiger partial charge in [-0.2, -0.15) is 0 Å². The second-order valence-corrected chi connectivity index (χ2v) is 9.40. The maximum atomic E-state index is 13.3. The van der Waals surface area contributed by atoms with Gasteiger partial charge in [-0.25, -0.2) is 4.98 Å². The number of amides is 1. The van der Waals surface area contributed by atoms with Crippen LogP contribution in [0, 0.1) is 13.8 Å². The van der Waals surface area contributed by atoms with Crippen molar-refractivity contribution in [2.75, 3.05) is 5.32 Å². The molecular formula is C24H27N3O2S. The quantitative estimate of drug-likeness (QED) is 0.451. The van der Waals surface area contributed by atoms with E-state index in [1.807, 2.05) is 67.8 Å². The van der Waals surface area contributed by atoms with Crippen LogP contribution in [0.25, 0.3) is 10.9 Å². The Labute approximate surface area is 180 Å². The lowest BCUT2D eigenvalue weighted by molar-refractivity contribution is -0.115. The number of anilines is 1. The monoisotopic (exact) mass is 421 g/mol. The summed E-state index contributed by atoms with van der Waals surface area (Å²) in [5.41, 5.74) is 3.63. The Kier molecular flexibility index (Phi) is 5.95. The van der Waals surface area contributed by atoms with Gasteiger partial charge in [0.05, 0.1) is 16.2 Å². The smallest absolute Gasteiger partial charge is 0.262 e. The van der Waals surface area contributed by atoms with Gasteiger partial charge in [0.25, 0.3) is 5.56 Å². The molecule has 1 N–H and O–H groups in total. The lowest BCUT2D eigenvalue weighted by Gasteiger charge is -2.20. The topological polar surface area (TPSA) is 64.0 Å². The van der Waals surface area contributed by atoms with Gasteiger partial charge < -0.3 is 5.32 Å². The molecule has 0 bridgehead atoms. The number of aryl methyl sites for hydroxylation is 2. The van der Waals surface area contributed by atoms with E-state index in [2.05, 4.69) is 5.32 Å². The van der Waals surface area contributed by atoms with Crippen LogP contribution in [-0.2, 0) is 4.79 Å². The van der Waals surface area contributed by atoms with Gasteiger partial charge in [0, 0.05) is 11.7 Å². The summed E-state index contributed by atoms with van der Waals surface area (Å²) >= 11 is 1.36. The third-order valence-corrected chi connectivity index (χ3v) is 6.83. The van der Waals surface area contributed by atoms with E-state index in [0.29, 0.717) is 16.1 Å². The normalized spacial score (nSPS) is 15.4. The number of thioether (sulfide) groups is 1. The predicted octanol–water partition coefficient (Wildman–Crippen LogP) is 5.25. The van der Waals surface area contributed by atoms with Crippen molar-refractivity contribution in [2.24, 2.45) is 0 Å². The molecule has 1 saturated carbocycles. The molecule has 30 heavy (non-hydrogen) atoms. The fourth-order valence-corrected chi connectivity index (χ4v) is 4.99. The van der Waals surface area contributed by atoms with E-state index < -0.39 is 0 Å². The standard InChI is InChI=1S/C24H27N3O2S/c1-15-12-13-16(2)21(14-15)25-22(28)17(3)30-24-26-20-11-7-6-10-19(20)23(29)27(24)18-8-4-5-9-18/h6-7,10-14,17-18H,4-5,8-9H2,1-3H3,(H,25,28). The van der Waals surface area contributed by atoms with Crippen LogP contribution in [0.4, 0.5) is 5.69 Å². The summed E-state index contributed by atoms with van der Waals surface area (Å²) in [7, 11) is 0. The van der Waals surface area contributed by atoms with E-state index in [-0.39, 0.29) is 22.8 Å². The molecule has 4 rings (SSSR count). The van der Waals surface area contributed by atoms with Crippen LogP contribution in [-0.4, -0.2) is 20.7 Å². The summed E-state index contributed by atoms with van der Waals surface area (Å²) in [6.07, 6.45) is 4.21. The molecule has 1 aromatic heterocycles. The van der Waals surface area contributed by atoms with Crippen molar-refractivity contribution in [1.82, 2.24) is 9.55 Å². The minimum absolute atomic E-state index is 0.00265. The third kappa shape index (κ3) is 4.15. The summed E-state index contributed by atoms with van der Waals surface area (Å²) in [5.74, 6) is -0.0888. The van der Waals surface area contributed by atoms with E-state index in [1.165, 1.54) is 11.8 Å². The summed E-state index contributed by atoms with van der Waals surface area (Å²) in [4.78, 5) is 31.0. The number of fused-ring (bicyclic) bond motifs is 1. The van der Waals surface area contributed by atoms with Crippen molar-refractivity contribution in [2.45, 2.75) is 62.9 Å². The number of nitrogens with one attached hydrogen (secondary N) is 1. The summed E-state index contributed by atoms with van der Waals surface area (Å²) in [6, 6.07) is 13.6. The molecule has 1 amide bonds. The highest BCUT2D eigenvalue weighted by Crippen LogP contribution is 2.33. The number of para-hydroxylation sites is 1. The predicted molar refractivity (Wildman–Crippen MR) is 123 cm³/mol. The molecule has 5 nitrogen and oxygen atoms in total. The first-order valence-electron chi connectivity index (χ1n) is 10.5. The highest BCUT2D eigenvalue weighted by atomic mass is 32.2. The molecule has 0 spiro atoms. The first-order valence-corrected chi connectivity index (χ1v) is 11.4. The third-order valence-electron chi connectivity index (χ3n) is 5.77. The Hall–Kier alpha value is -2.60. The number of hydrogen-bond acceptors (Lipinski definition) is 4. The number of hydrogen-bond donors (Lipinski definition) is 1. The summed E-state index contributed by atoms with van der Waals surface area (Å²) < 4.78 is 1.84. The number of nitrogens with zero attached hydrogens (tertiary/aromatic N) is 2. The van der Waals surface area contributed by atoms with Gasteiger partial charge in [-0.15, -0.1) is 0 Å². The summed E-state index contributed by atoms with van der Waals surface area (Å²) in [5, 5.41) is 3.93. The first-order chi connectivity index (χ1) is 14.4. The second kappa shape index (κ2) is 8.64. The van der Waals surface area contributed by atoms with Crippen LogP contribution in [0.3, 0.4) is 0 Å². The number of carbonyl (C=O) groups is 1. The Bertz CT molecular complexity index is 1150. The average molecular weight is 422 g/mol. The lowest BCUT2D eigenvalue weighted by atomic mass is 10.1. The van der Waals surface area contributed by atoms with Crippen molar-refractivity contribution in [3.8, 4) is 0 Å². The zero-order valence-corrected chi connectivity index (χ0v) is 18.5. The van der Waals surface area contributed by atoms with E-state index in [4.69, 9.17) is 4.98 Å². The van der Waals surface area contributed by atoms with Crippen LogP contribution in [0.15, 0.2) is 52.4 Å². The Morgan fingerprint density at radius 2 is 1.90 bits per heavy atom. The molecule has 1 atom stereocenters. The zero-order valence-electron chi connectivity index (χ0n) is 17.6. The SMILES string of the molecule is Cc1ccc(C)c(NC(=O)C(C)Sc2nc3ccccc3c(=O)n2C2CCCC2)c1. The Morgan fingerprint density at radius 3 is 2.67 bits per heavy atom. The highest BCUT2D eigenvalue weighted by molar-refractivity contribution is 8.00. The Morgan fingerprint density at radius 1 is 1.17 bits per heavy atom. The lowest BCUT2D eigenvalue weighted by Crippen LogP contribution is -2.29. The van der Waals surface area contributed by atoms with Gasteiger partial charge in [0.1, 0.15) is 0 Å². The van der Waals surface area contributed by atoms with Gasteiger partial charge in [0.15, 0.2) is 5.16 Å². The number of benzene rings is 2. The fraction of sp³-hybridized carbons (Fsp3) is 0.375. The average Bonchev–Trinajstić information content (AvgIpc) is 3.25. The molecule has 0 saturated heterocycles. The van der Waals surface area contributed by atoms with Gasteiger partial charge in [-0.05, 0) is 62.9 Å². The van der Waals surface area contributed by atoms with Crippen LogP contribution in [0.2, 0.25) is 0 Å². The van der Waals surface area contributed by atoms with Crippen molar-refractivity contribution < 1.29 is 4.79 Å². The van der Waals surface area contributed by atoms with Gasteiger partial charge in [0.2, 0.25) is 5.91 Å². The molecule has 0 aliphatic heterocycles. The molecule has 3 aromatic rings. The van der Waals surface area contributed by atoms with Crippen LogP contribution in [0.5, 0.6) is 0 Å². The van der Waals surface area contributed by atoms with Crippen LogP contribution >= 0.6 is 11.8 Å². The maximum Gasteiger partial charge on any atom is 0.262 e. The van der Waals surface area contributed by atoms with Crippen molar-refractivity contribution in [3.05, 3.63) is 63.9 Å². The van der Waals surface area contributed by atoms with E-state index in [9.17, 15) is 9.59 Å². The number of aromatic nitrogens is 2. The fourth-order valence-electron chi connectivity index (χ4n) is 4.01. The maximum absolute atomic E-state index is 13.3. The summed E-state index contributed by atoms with van der Waals surface area (Å²) in [6.45, 7) is 5.85. The molecule has 0 radical (unpaired) electrons. The van der Waals surface area contributed by atoms with E-state index in [1.54, 1.807) is 0 Å². The first kappa shape index (κ1) is 20.7. The molecule has 2 aromatic carbocycles. The molecule has 1 aliphatic rings. The molecule has 156 valence electrons. The number of carbonyl (C=O) groups excluding carboxylic acids is 1. The zero-order chi connectivity index (χ0) is 21.3. The van der Waals surface area contributed by atoms with Gasteiger partial charge in [-0.3, -0.25) is 14.2 Å². The highest BCUT2D eigenvalue weighted by Gasteiger charge is 2.25. The number of rotatable bonds is 5.